The number of aromatic nitrogens is 7. The van der Waals surface area contributed by atoms with Crippen molar-refractivity contribution in [3.63, 3.8) is 0 Å². The number of nitrogens with two attached hydrogens (primary N) is 1. The molecule has 0 unspecified atom stereocenters. The molecule has 0 radical (unpaired) electrons. The molecule has 10 heteroatoms. The Balaban J connectivity index is 1.70. The van der Waals surface area contributed by atoms with Crippen LogP contribution in [0.5, 0.6) is 5.75 Å². The number of ether oxygens (including phenoxy) is 1. The molecule has 0 fully saturated rings. The largest absolute Gasteiger partial charge is 0.493 e. The van der Waals surface area contributed by atoms with Crippen LogP contribution in [0.25, 0.3) is 28.2 Å². The van der Waals surface area contributed by atoms with E-state index in [2.05, 4.69) is 32.5 Å². The molecule has 0 saturated heterocycles. The van der Waals surface area contributed by atoms with Gasteiger partial charge in [-0.15, -0.1) is 5.10 Å². The van der Waals surface area contributed by atoms with Crippen LogP contribution in [-0.2, 0) is 7.05 Å². The van der Waals surface area contributed by atoms with E-state index in [1.165, 1.54) is 4.68 Å². The number of anilines is 1. The SMILES string of the molecule is CCCCCOc1ccc(-n2nnnc2-c2cc(-c3cnn(C)c3)cnc2N)c(F)c1C. The molecule has 0 aliphatic carbocycles. The lowest BCUT2D eigenvalue weighted by molar-refractivity contribution is 0.302. The molecule has 1 aromatic carbocycles. The van der Waals surface area contributed by atoms with E-state index in [9.17, 15) is 0 Å². The van der Waals surface area contributed by atoms with Crippen LogP contribution in [0.1, 0.15) is 31.7 Å². The lowest BCUT2D eigenvalue weighted by Gasteiger charge is -2.13. The summed E-state index contributed by atoms with van der Waals surface area (Å²) in [6.45, 7) is 4.35. The molecule has 4 aromatic rings. The van der Waals surface area contributed by atoms with Crippen molar-refractivity contribution in [2.75, 3.05) is 12.3 Å². The maximum atomic E-state index is 15.3. The molecule has 0 aliphatic rings. The standard InChI is InChI=1S/C22H25FN8O/c1-4-5-6-9-32-19-8-7-18(20(23)14(19)2)31-22(27-28-29-31)17-10-15(11-25-21(17)24)16-12-26-30(3)13-16/h7-8,10-13H,4-6,9H2,1-3H3,(H2,24,25). The highest BCUT2D eigenvalue weighted by molar-refractivity contribution is 5.76. The number of nitrogens with zero attached hydrogens (tertiary/aromatic N) is 7. The highest BCUT2D eigenvalue weighted by atomic mass is 19.1. The lowest BCUT2D eigenvalue weighted by Crippen LogP contribution is -2.07. The number of nitrogen functional groups attached to an aromatic ring is 1. The molecule has 9 nitrogen and oxygen atoms in total. The Hall–Kier alpha value is -3.82. The third-order valence-electron chi connectivity index (χ3n) is 5.22. The van der Waals surface area contributed by atoms with Crippen molar-refractivity contribution >= 4 is 5.82 Å². The van der Waals surface area contributed by atoms with Crippen molar-refractivity contribution in [3.8, 4) is 34.0 Å². The van der Waals surface area contributed by atoms with Gasteiger partial charge in [-0.2, -0.15) is 9.78 Å². The summed E-state index contributed by atoms with van der Waals surface area (Å²) in [5.74, 6) is 0.579. The van der Waals surface area contributed by atoms with Gasteiger partial charge >= 0.3 is 0 Å². The Labute approximate surface area is 185 Å². The summed E-state index contributed by atoms with van der Waals surface area (Å²) in [7, 11) is 1.83. The van der Waals surface area contributed by atoms with Gasteiger partial charge in [-0.3, -0.25) is 4.68 Å². The molecule has 0 bridgehead atoms. The average molecular weight is 436 g/mol. The quantitative estimate of drug-likeness (QED) is 0.419. The highest BCUT2D eigenvalue weighted by Gasteiger charge is 2.20. The predicted octanol–water partition coefficient (Wildman–Crippen LogP) is 3.72. The van der Waals surface area contributed by atoms with Crippen LogP contribution in [0.4, 0.5) is 10.2 Å². The first-order valence-electron chi connectivity index (χ1n) is 10.4. The Morgan fingerprint density at radius 2 is 2.00 bits per heavy atom. The summed E-state index contributed by atoms with van der Waals surface area (Å²) >= 11 is 0. The number of hydrogen-bond acceptors (Lipinski definition) is 7. The van der Waals surface area contributed by atoms with Gasteiger partial charge in [0.1, 0.15) is 17.3 Å². The average Bonchev–Trinajstić information content (AvgIpc) is 3.44. The van der Waals surface area contributed by atoms with Gasteiger partial charge in [0.15, 0.2) is 11.6 Å². The molecule has 0 spiro atoms. The van der Waals surface area contributed by atoms with E-state index in [-0.39, 0.29) is 17.3 Å². The predicted molar refractivity (Wildman–Crippen MR) is 119 cm³/mol. The molecular formula is C22H25FN8O. The molecule has 3 aromatic heterocycles. The van der Waals surface area contributed by atoms with Gasteiger partial charge in [-0.05, 0) is 42.0 Å². The van der Waals surface area contributed by atoms with Gasteiger partial charge in [0, 0.05) is 36.1 Å². The minimum atomic E-state index is -0.457. The van der Waals surface area contributed by atoms with E-state index in [0.717, 1.165) is 30.4 Å². The van der Waals surface area contributed by atoms with Crippen LogP contribution in [0.3, 0.4) is 0 Å². The van der Waals surface area contributed by atoms with Crippen molar-refractivity contribution in [2.24, 2.45) is 7.05 Å². The van der Waals surface area contributed by atoms with Crippen molar-refractivity contribution in [3.05, 3.63) is 48.2 Å². The topological polar surface area (TPSA) is 110 Å². The van der Waals surface area contributed by atoms with Gasteiger partial charge < -0.3 is 10.5 Å². The number of tetrazole rings is 1. The molecule has 32 heavy (non-hydrogen) atoms. The number of benzene rings is 1. The van der Waals surface area contributed by atoms with E-state index in [1.54, 1.807) is 36.1 Å². The molecule has 166 valence electrons. The Kier molecular flexibility index (Phi) is 6.11. The number of hydrogen-bond donors (Lipinski definition) is 1. The first-order valence-corrected chi connectivity index (χ1v) is 10.4. The monoisotopic (exact) mass is 436 g/mol. The summed E-state index contributed by atoms with van der Waals surface area (Å²) in [6, 6.07) is 5.16. The second-order valence-corrected chi connectivity index (χ2v) is 7.55. The third kappa shape index (κ3) is 4.16. The molecule has 0 aliphatic heterocycles. The Morgan fingerprint density at radius 1 is 1.16 bits per heavy atom. The molecule has 0 saturated carbocycles. The summed E-state index contributed by atoms with van der Waals surface area (Å²) in [5.41, 5.74) is 8.89. The first-order chi connectivity index (χ1) is 15.5. The zero-order valence-corrected chi connectivity index (χ0v) is 18.3. The fourth-order valence-electron chi connectivity index (χ4n) is 3.41. The van der Waals surface area contributed by atoms with E-state index < -0.39 is 5.82 Å². The molecule has 0 atom stereocenters. The van der Waals surface area contributed by atoms with E-state index >= 15 is 4.39 Å². The maximum Gasteiger partial charge on any atom is 0.190 e. The minimum Gasteiger partial charge on any atom is -0.493 e. The maximum absolute atomic E-state index is 15.3. The molecule has 3 heterocycles. The number of unbranched alkanes of at least 4 members (excludes halogenated alkanes) is 2. The van der Waals surface area contributed by atoms with Gasteiger partial charge in [-0.25, -0.2) is 9.37 Å². The molecule has 4 rings (SSSR count). The summed E-state index contributed by atoms with van der Waals surface area (Å²) in [4.78, 5) is 4.28. The normalized spacial score (nSPS) is 11.1. The summed E-state index contributed by atoms with van der Waals surface area (Å²) < 4.78 is 24.1. The lowest BCUT2D eigenvalue weighted by atomic mass is 10.1. The summed E-state index contributed by atoms with van der Waals surface area (Å²) in [5, 5.41) is 16.0. The van der Waals surface area contributed by atoms with Crippen molar-refractivity contribution < 1.29 is 9.13 Å². The van der Waals surface area contributed by atoms with E-state index in [1.807, 2.05) is 19.3 Å². The van der Waals surface area contributed by atoms with Crippen LogP contribution in [0.2, 0.25) is 0 Å². The van der Waals surface area contributed by atoms with E-state index in [4.69, 9.17) is 10.5 Å². The second kappa shape index (κ2) is 9.13. The van der Waals surface area contributed by atoms with Crippen molar-refractivity contribution in [1.82, 2.24) is 35.0 Å². The number of rotatable bonds is 8. The number of pyridine rings is 1. The number of aryl methyl sites for hydroxylation is 1. The van der Waals surface area contributed by atoms with Crippen LogP contribution < -0.4 is 10.5 Å². The minimum absolute atomic E-state index is 0.203. The second-order valence-electron chi connectivity index (χ2n) is 7.55. The van der Waals surface area contributed by atoms with Crippen LogP contribution >= 0.6 is 0 Å². The highest BCUT2D eigenvalue weighted by Crippen LogP contribution is 2.31. The van der Waals surface area contributed by atoms with E-state index in [0.29, 0.717) is 23.5 Å². The van der Waals surface area contributed by atoms with Gasteiger partial charge in [-0.1, -0.05) is 19.8 Å². The fraction of sp³-hybridized carbons (Fsp3) is 0.318. The van der Waals surface area contributed by atoms with Gasteiger partial charge in [0.25, 0.3) is 0 Å². The first kappa shape index (κ1) is 21.4. The third-order valence-corrected chi connectivity index (χ3v) is 5.22. The molecule has 2 N–H and O–H groups in total. The Bertz CT molecular complexity index is 1230. The van der Waals surface area contributed by atoms with Crippen molar-refractivity contribution in [1.29, 1.82) is 0 Å². The van der Waals surface area contributed by atoms with Crippen molar-refractivity contribution in [2.45, 2.75) is 33.1 Å². The molecule has 0 amide bonds. The molecular weight excluding hydrogens is 411 g/mol. The zero-order valence-electron chi connectivity index (χ0n) is 18.3. The van der Waals surface area contributed by atoms with Gasteiger partial charge in [0.2, 0.25) is 0 Å². The Morgan fingerprint density at radius 3 is 2.75 bits per heavy atom. The van der Waals surface area contributed by atoms with Gasteiger partial charge in [0.05, 0.1) is 18.4 Å². The van der Waals surface area contributed by atoms with Crippen LogP contribution in [0.15, 0.2) is 36.8 Å². The zero-order chi connectivity index (χ0) is 22.7. The number of halogens is 1. The summed E-state index contributed by atoms with van der Waals surface area (Å²) in [6.07, 6.45) is 8.33. The smallest absolute Gasteiger partial charge is 0.190 e. The fourth-order valence-corrected chi connectivity index (χ4v) is 3.41. The van der Waals surface area contributed by atoms with Crippen LogP contribution in [-0.4, -0.2) is 41.6 Å². The van der Waals surface area contributed by atoms with Crippen LogP contribution in [0, 0.1) is 12.7 Å².